The van der Waals surface area contributed by atoms with E-state index in [4.69, 9.17) is 72.0 Å². The Morgan fingerprint density at radius 1 is 0.266 bits per heavy atom. The van der Waals surface area contributed by atoms with Crippen LogP contribution in [0.5, 0.6) is 0 Å². The predicted molar refractivity (Wildman–Crippen MR) is 260 cm³/mol. The van der Waals surface area contributed by atoms with Crippen molar-refractivity contribution in [2.75, 3.05) is 99.0 Å². The summed E-state index contributed by atoms with van der Waals surface area (Å²) in [5.41, 5.74) is 5.71. The van der Waals surface area contributed by atoms with Crippen LogP contribution in [-0.2, 0) is 66.3 Å². The molecule has 31 heteroatoms. The van der Waals surface area contributed by atoms with E-state index >= 15 is 0 Å². The first-order valence-electron chi connectivity index (χ1n) is 27.1. The zero-order valence-electron chi connectivity index (χ0n) is 44.1. The second-order valence-corrected chi connectivity index (χ2v) is 19.9. The fraction of sp³-hybridized carbons (Fsp3) is 1.00. The Labute approximate surface area is 456 Å². The number of hydrogen-bond acceptors (Lipinski definition) is 31. The molecule has 5 aliphatic heterocycles. The Hall–Kier alpha value is -1.24. The number of unbranched alkanes of at least 4 members (excludes halogenated alkanes) is 3. The van der Waals surface area contributed by atoms with Gasteiger partial charge in [-0.25, -0.2) is 0 Å². The largest absolute Gasteiger partial charge is 0.394 e. The van der Waals surface area contributed by atoms with Gasteiger partial charge < -0.3 is 154 Å². The number of hydrogen-bond donors (Lipinski definition) is 17. The molecule has 5 aliphatic rings. The van der Waals surface area contributed by atoms with Gasteiger partial charge in [-0.05, 0) is 45.1 Å². The van der Waals surface area contributed by atoms with Gasteiger partial charge in [0.2, 0.25) is 0 Å². The van der Waals surface area contributed by atoms with Crippen LogP contribution in [-0.4, -0.2) is 334 Å². The third kappa shape index (κ3) is 19.6. The summed E-state index contributed by atoms with van der Waals surface area (Å²) in [5, 5.41) is 162. The van der Waals surface area contributed by atoms with Crippen molar-refractivity contribution in [2.45, 2.75) is 205 Å². The van der Waals surface area contributed by atoms with E-state index < -0.39 is 180 Å². The van der Waals surface area contributed by atoms with E-state index in [9.17, 15) is 81.7 Å². The Kier molecular flexibility index (Phi) is 31.2. The van der Waals surface area contributed by atoms with E-state index in [2.05, 4.69) is 0 Å². The van der Waals surface area contributed by atoms with Crippen LogP contribution in [0.1, 0.15) is 51.4 Å². The lowest BCUT2D eigenvalue weighted by molar-refractivity contribution is -0.326. The molecule has 25 atom stereocenters. The summed E-state index contributed by atoms with van der Waals surface area (Å²) in [4.78, 5) is 0. The summed E-state index contributed by atoms with van der Waals surface area (Å²) in [6.07, 6.45) is -31.8. The van der Waals surface area contributed by atoms with Gasteiger partial charge >= 0.3 is 0 Å². The van der Waals surface area contributed by atoms with Gasteiger partial charge in [-0.3, -0.25) is 0 Å². The average Bonchev–Trinajstić information content (AvgIpc) is 3.46. The standard InChI is InChI=1S/C48H89NO30/c49-9-3-1-2-4-11-74-48-43(69-14-8-18-73-47-40(65)36(61)32(57)27(22-53)78-47)42(68-13-7-17-72-46-39(64)35(60)31(56)26(21-52)77-46)41(67-12-6-16-71-45-38(63)34(59)30(55)25(20-51)76-45)28(79-48)23-66-10-5-15-70-44-37(62)33(58)29(54)24(19-50)75-44/h24-48,50-65H,1-23,49H2/t24-,25-,26-,27-,28-,29-,30-,31-,32-,33+,34+,35+,36+,37+,38+,39+,40+,41-,42+,43-,44+,45+,46+,47+,48-/m1/s1. The van der Waals surface area contributed by atoms with Crippen LogP contribution in [0.25, 0.3) is 0 Å². The Morgan fingerprint density at radius 2 is 0.557 bits per heavy atom. The number of nitrogens with two attached hydrogens (primary N) is 1. The van der Waals surface area contributed by atoms with Crippen molar-refractivity contribution in [3.8, 4) is 0 Å². The van der Waals surface area contributed by atoms with Gasteiger partial charge in [-0.15, -0.1) is 0 Å². The van der Waals surface area contributed by atoms with Crippen LogP contribution in [0, 0.1) is 0 Å². The van der Waals surface area contributed by atoms with Gasteiger partial charge in [0, 0.05) is 33.0 Å². The van der Waals surface area contributed by atoms with Crippen LogP contribution in [0.15, 0.2) is 0 Å². The molecular weight excluding hydrogens is 1070 g/mol. The molecule has 5 fully saturated rings. The molecule has 5 saturated heterocycles. The highest BCUT2D eigenvalue weighted by molar-refractivity contribution is 4.95. The van der Waals surface area contributed by atoms with Crippen LogP contribution in [0.3, 0.4) is 0 Å². The number of aliphatic hydroxyl groups is 16. The van der Waals surface area contributed by atoms with Crippen molar-refractivity contribution < 1.29 is 148 Å². The quantitative estimate of drug-likeness (QED) is 0.0259. The van der Waals surface area contributed by atoms with E-state index in [1.54, 1.807) is 0 Å². The highest BCUT2D eigenvalue weighted by Gasteiger charge is 2.51. The maximum atomic E-state index is 10.6. The molecule has 0 bridgehead atoms. The topological polar surface area (TPSA) is 479 Å². The Morgan fingerprint density at radius 3 is 0.924 bits per heavy atom. The van der Waals surface area contributed by atoms with E-state index in [1.165, 1.54) is 0 Å². The molecule has 18 N–H and O–H groups in total. The summed E-state index contributed by atoms with van der Waals surface area (Å²) >= 11 is 0. The molecule has 5 heterocycles. The summed E-state index contributed by atoms with van der Waals surface area (Å²) < 4.78 is 83.2. The van der Waals surface area contributed by atoms with Crippen molar-refractivity contribution in [2.24, 2.45) is 5.73 Å². The number of aliphatic hydroxyl groups excluding tert-OH is 16. The molecule has 466 valence electrons. The number of rotatable bonds is 36. The van der Waals surface area contributed by atoms with Gasteiger partial charge in [0.1, 0.15) is 122 Å². The highest BCUT2D eigenvalue weighted by atomic mass is 16.7. The first-order valence-corrected chi connectivity index (χ1v) is 27.1. The molecule has 0 aromatic rings. The molecule has 79 heavy (non-hydrogen) atoms. The lowest BCUT2D eigenvalue weighted by Crippen LogP contribution is -2.62. The van der Waals surface area contributed by atoms with Gasteiger partial charge in [-0.2, -0.15) is 0 Å². The Bertz CT molecular complexity index is 1600. The van der Waals surface area contributed by atoms with Crippen molar-refractivity contribution in [1.29, 1.82) is 0 Å². The van der Waals surface area contributed by atoms with E-state index in [0.29, 0.717) is 13.0 Å². The third-order valence-corrected chi connectivity index (χ3v) is 14.0. The summed E-state index contributed by atoms with van der Waals surface area (Å²) in [6, 6.07) is 0. The van der Waals surface area contributed by atoms with Crippen LogP contribution in [0.4, 0.5) is 0 Å². The summed E-state index contributed by atoms with van der Waals surface area (Å²) in [5.74, 6) is 0. The van der Waals surface area contributed by atoms with Crippen LogP contribution >= 0.6 is 0 Å². The minimum atomic E-state index is -1.68. The molecule has 0 aliphatic carbocycles. The zero-order chi connectivity index (χ0) is 57.6. The molecule has 0 spiro atoms. The third-order valence-electron chi connectivity index (χ3n) is 14.0. The fourth-order valence-electron chi connectivity index (χ4n) is 9.33. The van der Waals surface area contributed by atoms with Gasteiger partial charge in [-0.1, -0.05) is 12.8 Å². The predicted octanol–water partition coefficient (Wildman–Crippen LogP) is -8.75. The maximum absolute atomic E-state index is 10.6. The van der Waals surface area contributed by atoms with E-state index in [-0.39, 0.29) is 91.8 Å². The second-order valence-electron chi connectivity index (χ2n) is 19.9. The number of ether oxygens (including phenoxy) is 14. The molecule has 0 aromatic carbocycles. The lowest BCUT2D eigenvalue weighted by atomic mass is 9.98. The lowest BCUT2D eigenvalue weighted by Gasteiger charge is -2.46. The van der Waals surface area contributed by atoms with Crippen LogP contribution < -0.4 is 5.73 Å². The molecule has 0 unspecified atom stereocenters. The zero-order valence-corrected chi connectivity index (χ0v) is 44.1. The minimum Gasteiger partial charge on any atom is -0.394 e. The summed E-state index contributed by atoms with van der Waals surface area (Å²) in [6.45, 7) is -2.75. The monoisotopic (exact) mass is 1160 g/mol. The molecule has 5 rings (SSSR count). The Balaban J connectivity index is 1.33. The molecule has 0 aromatic heterocycles. The molecule has 0 amide bonds. The van der Waals surface area contributed by atoms with Gasteiger partial charge in [0.15, 0.2) is 31.5 Å². The second kappa shape index (κ2) is 35.9. The fourth-order valence-corrected chi connectivity index (χ4v) is 9.33. The smallest absolute Gasteiger partial charge is 0.186 e. The van der Waals surface area contributed by atoms with Crippen molar-refractivity contribution >= 4 is 0 Å². The first-order chi connectivity index (χ1) is 38.0. The van der Waals surface area contributed by atoms with Gasteiger partial charge in [0.05, 0.1) is 59.5 Å². The molecule has 0 radical (unpaired) electrons. The van der Waals surface area contributed by atoms with E-state index in [0.717, 1.165) is 19.3 Å². The maximum Gasteiger partial charge on any atom is 0.186 e. The van der Waals surface area contributed by atoms with Crippen molar-refractivity contribution in [3.05, 3.63) is 0 Å². The average molecular weight is 1160 g/mol. The molecule has 31 nitrogen and oxygen atoms in total. The normalized spacial score (nSPS) is 41.2. The van der Waals surface area contributed by atoms with E-state index in [1.807, 2.05) is 0 Å². The first kappa shape index (κ1) is 68.5. The molecule has 0 saturated carbocycles. The summed E-state index contributed by atoms with van der Waals surface area (Å²) in [7, 11) is 0. The highest BCUT2D eigenvalue weighted by Crippen LogP contribution is 2.32. The van der Waals surface area contributed by atoms with Crippen LogP contribution in [0.2, 0.25) is 0 Å². The minimum absolute atomic E-state index is 0.0266. The van der Waals surface area contributed by atoms with Crippen molar-refractivity contribution in [3.63, 3.8) is 0 Å². The SMILES string of the molecule is NCCCCCCO[C@@H]1O[C@H](COCCCO[C@H]2O[C@H](CO)[C@@H](O)[C@H](O)[C@@H]2O)[C@@H](OCCCO[C@H]2O[C@H](CO)[C@@H](O)[C@H](O)[C@@H]2O)[C@H](OCCCO[C@H]2O[C@H](CO)[C@@H](O)[C@H](O)[C@@H]2O)[C@H]1OCCCO[C@H]1O[C@H](CO)[C@@H](O)[C@H](O)[C@@H]1O. The van der Waals surface area contributed by atoms with Gasteiger partial charge in [0.25, 0.3) is 0 Å². The van der Waals surface area contributed by atoms with Crippen molar-refractivity contribution in [1.82, 2.24) is 0 Å². The molecular formula is C48H89NO30.